The first-order chi connectivity index (χ1) is 6.20. The van der Waals surface area contributed by atoms with Crippen LogP contribution in [0.4, 0.5) is 4.39 Å². The zero-order valence-corrected chi connectivity index (χ0v) is 7.94. The maximum atomic E-state index is 12.9. The Hall–Kier alpha value is -0.800. The molecule has 4 heteroatoms. The molecule has 72 valence electrons. The van der Waals surface area contributed by atoms with Crippen molar-refractivity contribution in [3.63, 3.8) is 0 Å². The van der Waals surface area contributed by atoms with Crippen molar-refractivity contribution in [2.24, 2.45) is 0 Å². The van der Waals surface area contributed by atoms with Gasteiger partial charge in [0.05, 0.1) is 7.11 Å². The lowest BCUT2D eigenvalue weighted by Crippen LogP contribution is -1.97. The number of methoxy groups -OCH3 is 1. The quantitative estimate of drug-likeness (QED) is 0.817. The number of rotatable bonds is 3. The lowest BCUT2D eigenvalue weighted by atomic mass is 10.1. The SMILES string of the molecule is COc1c(CCO)ccc(F)c1Cl. The molecule has 0 aliphatic rings. The Morgan fingerprint density at radius 2 is 2.23 bits per heavy atom. The summed E-state index contributed by atoms with van der Waals surface area (Å²) < 4.78 is 17.8. The Morgan fingerprint density at radius 3 is 2.77 bits per heavy atom. The van der Waals surface area contributed by atoms with Gasteiger partial charge < -0.3 is 9.84 Å². The van der Waals surface area contributed by atoms with E-state index >= 15 is 0 Å². The molecule has 0 amide bonds. The molecule has 2 nitrogen and oxygen atoms in total. The van der Waals surface area contributed by atoms with E-state index in [9.17, 15) is 4.39 Å². The van der Waals surface area contributed by atoms with Crippen molar-refractivity contribution in [1.82, 2.24) is 0 Å². The van der Waals surface area contributed by atoms with Crippen LogP contribution in [0.15, 0.2) is 12.1 Å². The smallest absolute Gasteiger partial charge is 0.145 e. The van der Waals surface area contributed by atoms with E-state index in [1.807, 2.05) is 0 Å². The van der Waals surface area contributed by atoms with Crippen LogP contribution in [0.2, 0.25) is 5.02 Å². The molecule has 0 bridgehead atoms. The van der Waals surface area contributed by atoms with Gasteiger partial charge in [-0.25, -0.2) is 4.39 Å². The second kappa shape index (κ2) is 4.44. The summed E-state index contributed by atoms with van der Waals surface area (Å²) in [5.41, 5.74) is 0.705. The van der Waals surface area contributed by atoms with Crippen LogP contribution in [0.5, 0.6) is 5.75 Å². The molecule has 0 spiro atoms. The minimum atomic E-state index is -0.514. The molecule has 0 aromatic heterocycles. The number of aliphatic hydroxyl groups excluding tert-OH is 1. The maximum Gasteiger partial charge on any atom is 0.145 e. The summed E-state index contributed by atoms with van der Waals surface area (Å²) in [5.74, 6) is -0.212. The molecule has 1 rings (SSSR count). The van der Waals surface area contributed by atoms with E-state index in [2.05, 4.69) is 0 Å². The van der Waals surface area contributed by atoms with Crippen LogP contribution in [-0.2, 0) is 6.42 Å². The highest BCUT2D eigenvalue weighted by atomic mass is 35.5. The first-order valence-electron chi connectivity index (χ1n) is 3.82. The predicted octanol–water partition coefficient (Wildman–Crippen LogP) is 2.02. The van der Waals surface area contributed by atoms with E-state index in [-0.39, 0.29) is 11.6 Å². The summed E-state index contributed by atoms with van der Waals surface area (Å²) in [6.07, 6.45) is 0.406. The molecule has 0 atom stereocenters. The van der Waals surface area contributed by atoms with E-state index in [0.29, 0.717) is 17.7 Å². The standard InChI is InChI=1S/C9H10ClFO2/c1-13-9-6(4-5-12)2-3-7(11)8(9)10/h2-3,12H,4-5H2,1H3. The highest BCUT2D eigenvalue weighted by Gasteiger charge is 2.11. The average molecular weight is 205 g/mol. The highest BCUT2D eigenvalue weighted by molar-refractivity contribution is 6.32. The third-order valence-corrected chi connectivity index (χ3v) is 2.07. The fourth-order valence-electron chi connectivity index (χ4n) is 1.11. The Balaban J connectivity index is 3.13. The fourth-order valence-corrected chi connectivity index (χ4v) is 1.37. The second-order valence-electron chi connectivity index (χ2n) is 2.53. The molecule has 0 heterocycles. The van der Waals surface area contributed by atoms with E-state index < -0.39 is 5.82 Å². The molecular weight excluding hydrogens is 195 g/mol. The first-order valence-corrected chi connectivity index (χ1v) is 4.20. The third-order valence-electron chi connectivity index (χ3n) is 1.72. The van der Waals surface area contributed by atoms with Crippen LogP contribution in [0.3, 0.4) is 0 Å². The van der Waals surface area contributed by atoms with Crippen LogP contribution in [0.1, 0.15) is 5.56 Å². The van der Waals surface area contributed by atoms with Crippen LogP contribution in [-0.4, -0.2) is 18.8 Å². The number of hydrogen-bond acceptors (Lipinski definition) is 2. The fraction of sp³-hybridized carbons (Fsp3) is 0.333. The van der Waals surface area contributed by atoms with Gasteiger partial charge in [-0.05, 0) is 18.1 Å². The summed E-state index contributed by atoms with van der Waals surface area (Å²) in [5, 5.41) is 8.67. The third kappa shape index (κ3) is 2.11. The Morgan fingerprint density at radius 1 is 1.54 bits per heavy atom. The topological polar surface area (TPSA) is 29.5 Å². The minimum Gasteiger partial charge on any atom is -0.495 e. The van der Waals surface area contributed by atoms with Crippen molar-refractivity contribution < 1.29 is 14.2 Å². The van der Waals surface area contributed by atoms with Gasteiger partial charge in [-0.15, -0.1) is 0 Å². The van der Waals surface area contributed by atoms with Gasteiger partial charge >= 0.3 is 0 Å². The summed E-state index contributed by atoms with van der Waals surface area (Å²) in [6.45, 7) is -0.0156. The Kier molecular flexibility index (Phi) is 3.51. The molecule has 0 saturated carbocycles. The predicted molar refractivity (Wildman–Crippen MR) is 48.8 cm³/mol. The van der Waals surface area contributed by atoms with Gasteiger partial charge in [0, 0.05) is 6.61 Å². The van der Waals surface area contributed by atoms with E-state index in [0.717, 1.165) is 0 Å². The minimum absolute atomic E-state index is 0.0156. The zero-order valence-electron chi connectivity index (χ0n) is 7.18. The molecule has 0 unspecified atom stereocenters. The van der Waals surface area contributed by atoms with Gasteiger partial charge in [0.25, 0.3) is 0 Å². The largest absolute Gasteiger partial charge is 0.495 e. The van der Waals surface area contributed by atoms with Crippen LogP contribution >= 0.6 is 11.6 Å². The molecule has 0 fully saturated rings. The highest BCUT2D eigenvalue weighted by Crippen LogP contribution is 2.31. The van der Waals surface area contributed by atoms with Gasteiger partial charge in [-0.1, -0.05) is 17.7 Å². The molecule has 0 aliphatic carbocycles. The maximum absolute atomic E-state index is 12.9. The van der Waals surface area contributed by atoms with Gasteiger partial charge in [-0.2, -0.15) is 0 Å². The van der Waals surface area contributed by atoms with E-state index in [1.165, 1.54) is 13.2 Å². The van der Waals surface area contributed by atoms with Gasteiger partial charge in [0.2, 0.25) is 0 Å². The molecular formula is C9H10ClFO2. The van der Waals surface area contributed by atoms with E-state index in [4.69, 9.17) is 21.4 Å². The van der Waals surface area contributed by atoms with Crippen molar-refractivity contribution >= 4 is 11.6 Å². The van der Waals surface area contributed by atoms with E-state index in [1.54, 1.807) is 6.07 Å². The normalized spacial score (nSPS) is 10.2. The number of halogens is 2. The molecule has 0 saturated heterocycles. The second-order valence-corrected chi connectivity index (χ2v) is 2.91. The van der Waals surface area contributed by atoms with Crippen LogP contribution in [0.25, 0.3) is 0 Å². The molecule has 13 heavy (non-hydrogen) atoms. The zero-order chi connectivity index (χ0) is 9.84. The van der Waals surface area contributed by atoms with Crippen molar-refractivity contribution in [2.75, 3.05) is 13.7 Å². The Labute approximate surface area is 80.9 Å². The molecule has 0 aliphatic heterocycles. The van der Waals surface area contributed by atoms with Gasteiger partial charge in [-0.3, -0.25) is 0 Å². The number of benzene rings is 1. The summed E-state index contributed by atoms with van der Waals surface area (Å²) in [7, 11) is 1.42. The summed E-state index contributed by atoms with van der Waals surface area (Å²) in [6, 6.07) is 2.81. The lowest BCUT2D eigenvalue weighted by molar-refractivity contribution is 0.296. The molecule has 1 aromatic carbocycles. The van der Waals surface area contributed by atoms with Gasteiger partial charge in [0.1, 0.15) is 16.6 Å². The monoisotopic (exact) mass is 204 g/mol. The van der Waals surface area contributed by atoms with Crippen molar-refractivity contribution in [1.29, 1.82) is 0 Å². The van der Waals surface area contributed by atoms with Crippen molar-refractivity contribution in [2.45, 2.75) is 6.42 Å². The van der Waals surface area contributed by atoms with Crippen molar-refractivity contribution in [3.8, 4) is 5.75 Å². The summed E-state index contributed by atoms with van der Waals surface area (Å²) >= 11 is 5.65. The average Bonchev–Trinajstić information content (AvgIpc) is 2.12. The van der Waals surface area contributed by atoms with Crippen molar-refractivity contribution in [3.05, 3.63) is 28.5 Å². The van der Waals surface area contributed by atoms with Gasteiger partial charge in [0.15, 0.2) is 0 Å². The number of ether oxygens (including phenoxy) is 1. The first kappa shape index (κ1) is 10.3. The summed E-state index contributed by atoms with van der Waals surface area (Å²) in [4.78, 5) is 0. The van der Waals surface area contributed by atoms with Crippen LogP contribution in [0, 0.1) is 5.82 Å². The molecule has 0 radical (unpaired) electrons. The Bertz CT molecular complexity index is 302. The lowest BCUT2D eigenvalue weighted by Gasteiger charge is -2.09. The number of aliphatic hydroxyl groups is 1. The molecule has 1 aromatic rings. The van der Waals surface area contributed by atoms with Crippen LogP contribution < -0.4 is 4.74 Å². The molecule has 1 N–H and O–H groups in total. The number of hydrogen-bond donors (Lipinski definition) is 1.